The summed E-state index contributed by atoms with van der Waals surface area (Å²) < 4.78 is 9.99. The molecule has 0 aliphatic heterocycles. The first-order chi connectivity index (χ1) is 11.2. The SMILES string of the molecule is CC(=O)c1c(C)[nH]c(C(=O)O[C@H](C)C(=O)Nc2cc(C)on2)c1C. The summed E-state index contributed by atoms with van der Waals surface area (Å²) >= 11 is 0. The highest BCUT2D eigenvalue weighted by Crippen LogP contribution is 2.19. The summed E-state index contributed by atoms with van der Waals surface area (Å²) in [5, 5.41) is 6.12. The van der Waals surface area contributed by atoms with Gasteiger partial charge in [0, 0.05) is 17.3 Å². The molecule has 2 N–H and O–H groups in total. The first-order valence-electron chi connectivity index (χ1n) is 7.36. The number of ketones is 1. The zero-order chi connectivity index (χ0) is 18.0. The van der Waals surface area contributed by atoms with Crippen molar-refractivity contribution in [3.63, 3.8) is 0 Å². The van der Waals surface area contributed by atoms with Crippen molar-refractivity contribution in [3.8, 4) is 0 Å². The Bertz CT molecular complexity index is 803. The Labute approximate surface area is 138 Å². The lowest BCUT2D eigenvalue weighted by molar-refractivity contribution is -0.123. The van der Waals surface area contributed by atoms with Crippen LogP contribution in [0, 0.1) is 20.8 Å². The van der Waals surface area contributed by atoms with Crippen molar-refractivity contribution in [3.05, 3.63) is 34.3 Å². The number of aromatic nitrogens is 2. The summed E-state index contributed by atoms with van der Waals surface area (Å²) in [7, 11) is 0. The first kappa shape index (κ1) is 17.5. The molecule has 2 rings (SSSR count). The Morgan fingerprint density at radius 1 is 1.29 bits per heavy atom. The lowest BCUT2D eigenvalue weighted by Crippen LogP contribution is -2.30. The van der Waals surface area contributed by atoms with Crippen LogP contribution in [0.5, 0.6) is 0 Å². The van der Waals surface area contributed by atoms with Crippen LogP contribution in [0.3, 0.4) is 0 Å². The van der Waals surface area contributed by atoms with Crippen LogP contribution in [0.4, 0.5) is 5.82 Å². The van der Waals surface area contributed by atoms with Gasteiger partial charge in [-0.05, 0) is 40.2 Å². The van der Waals surface area contributed by atoms with Gasteiger partial charge in [-0.1, -0.05) is 5.16 Å². The van der Waals surface area contributed by atoms with Crippen molar-refractivity contribution in [2.24, 2.45) is 0 Å². The molecule has 0 unspecified atom stereocenters. The number of hydrogen-bond donors (Lipinski definition) is 2. The third-order valence-electron chi connectivity index (χ3n) is 3.53. The molecule has 0 radical (unpaired) electrons. The predicted octanol–water partition coefficient (Wildman–Crippen LogP) is 2.31. The second kappa shape index (κ2) is 6.69. The molecule has 1 atom stereocenters. The Kier molecular flexibility index (Phi) is 4.87. The molecule has 24 heavy (non-hydrogen) atoms. The van der Waals surface area contributed by atoms with Crippen LogP contribution in [-0.4, -0.2) is 33.9 Å². The number of Topliss-reactive ketones (excluding diaryl/α,β-unsaturated/α-hetero) is 1. The van der Waals surface area contributed by atoms with Crippen molar-refractivity contribution in [2.45, 2.75) is 40.7 Å². The monoisotopic (exact) mass is 333 g/mol. The molecule has 1 amide bonds. The van der Waals surface area contributed by atoms with Gasteiger partial charge in [-0.2, -0.15) is 0 Å². The third kappa shape index (κ3) is 3.53. The molecule has 0 spiro atoms. The van der Waals surface area contributed by atoms with Gasteiger partial charge in [0.1, 0.15) is 11.5 Å². The summed E-state index contributed by atoms with van der Waals surface area (Å²) in [4.78, 5) is 38.7. The Morgan fingerprint density at radius 2 is 1.96 bits per heavy atom. The fourth-order valence-corrected chi connectivity index (χ4v) is 2.41. The van der Waals surface area contributed by atoms with Crippen LogP contribution < -0.4 is 5.32 Å². The minimum absolute atomic E-state index is 0.146. The molecule has 128 valence electrons. The molecule has 0 aromatic carbocycles. The average molecular weight is 333 g/mol. The highest BCUT2D eigenvalue weighted by Gasteiger charge is 2.25. The molecular weight excluding hydrogens is 314 g/mol. The van der Waals surface area contributed by atoms with Crippen molar-refractivity contribution < 1.29 is 23.6 Å². The van der Waals surface area contributed by atoms with Gasteiger partial charge >= 0.3 is 5.97 Å². The van der Waals surface area contributed by atoms with Gasteiger partial charge in [-0.15, -0.1) is 0 Å². The average Bonchev–Trinajstić information content (AvgIpc) is 3.01. The van der Waals surface area contributed by atoms with Gasteiger partial charge in [0.2, 0.25) is 0 Å². The van der Waals surface area contributed by atoms with E-state index in [0.717, 1.165) is 0 Å². The van der Waals surface area contributed by atoms with E-state index in [4.69, 9.17) is 9.26 Å². The number of carbonyl (C=O) groups is 3. The Hall–Kier alpha value is -2.90. The maximum Gasteiger partial charge on any atom is 0.355 e. The lowest BCUT2D eigenvalue weighted by atomic mass is 10.1. The highest BCUT2D eigenvalue weighted by atomic mass is 16.5. The molecule has 0 aliphatic carbocycles. The lowest BCUT2D eigenvalue weighted by Gasteiger charge is -2.12. The molecule has 0 saturated heterocycles. The van der Waals surface area contributed by atoms with E-state index < -0.39 is 18.0 Å². The number of amides is 1. The number of esters is 1. The topological polar surface area (TPSA) is 114 Å². The number of aromatic amines is 1. The summed E-state index contributed by atoms with van der Waals surface area (Å²) in [5.41, 5.74) is 1.71. The van der Waals surface area contributed by atoms with Gasteiger partial charge in [-0.3, -0.25) is 9.59 Å². The predicted molar refractivity (Wildman–Crippen MR) is 85.0 cm³/mol. The number of nitrogens with zero attached hydrogens (tertiary/aromatic N) is 1. The maximum absolute atomic E-state index is 12.2. The Balaban J connectivity index is 2.07. The molecule has 0 fully saturated rings. The quantitative estimate of drug-likeness (QED) is 0.641. The third-order valence-corrected chi connectivity index (χ3v) is 3.53. The minimum atomic E-state index is -1.04. The van der Waals surface area contributed by atoms with Gasteiger partial charge < -0.3 is 19.6 Å². The van der Waals surface area contributed by atoms with Crippen LogP contribution in [0.25, 0.3) is 0 Å². The zero-order valence-corrected chi connectivity index (χ0v) is 14.1. The van der Waals surface area contributed by atoms with E-state index in [-0.39, 0.29) is 17.3 Å². The standard InChI is InChI=1S/C16H19N3O5/c1-7-6-12(19-24-7)18-15(21)11(5)23-16(22)14-8(2)13(10(4)20)9(3)17-14/h6,11,17H,1-5H3,(H,18,19,21)/t11-/m1/s1. The molecule has 8 heteroatoms. The minimum Gasteiger partial charge on any atom is -0.448 e. The Morgan fingerprint density at radius 3 is 2.46 bits per heavy atom. The van der Waals surface area contributed by atoms with Crippen molar-refractivity contribution in [1.82, 2.24) is 10.1 Å². The van der Waals surface area contributed by atoms with Crippen LogP contribution in [0.2, 0.25) is 0 Å². The van der Waals surface area contributed by atoms with E-state index in [1.54, 1.807) is 26.8 Å². The first-order valence-corrected chi connectivity index (χ1v) is 7.36. The van der Waals surface area contributed by atoms with Crippen molar-refractivity contribution in [2.75, 3.05) is 5.32 Å². The largest absolute Gasteiger partial charge is 0.448 e. The van der Waals surface area contributed by atoms with Gasteiger partial charge in [0.15, 0.2) is 17.7 Å². The van der Waals surface area contributed by atoms with Crippen LogP contribution in [-0.2, 0) is 9.53 Å². The number of hydrogen-bond acceptors (Lipinski definition) is 6. The van der Waals surface area contributed by atoms with Gasteiger partial charge in [0.05, 0.1) is 0 Å². The van der Waals surface area contributed by atoms with Crippen LogP contribution in [0.15, 0.2) is 10.6 Å². The van der Waals surface area contributed by atoms with E-state index in [0.29, 0.717) is 22.6 Å². The number of rotatable bonds is 5. The summed E-state index contributed by atoms with van der Waals surface area (Å²) in [5.74, 6) is -0.602. The molecule has 0 aliphatic rings. The second-order valence-electron chi connectivity index (χ2n) is 5.54. The highest BCUT2D eigenvalue weighted by molar-refractivity contribution is 6.02. The van der Waals surface area contributed by atoms with Crippen LogP contribution in [0.1, 0.15) is 51.7 Å². The molecule has 0 saturated carbocycles. The molecule has 2 heterocycles. The molecule has 2 aromatic heterocycles. The fourth-order valence-electron chi connectivity index (χ4n) is 2.41. The van der Waals surface area contributed by atoms with E-state index in [1.165, 1.54) is 13.8 Å². The number of anilines is 1. The van der Waals surface area contributed by atoms with E-state index in [9.17, 15) is 14.4 Å². The number of carbonyl (C=O) groups excluding carboxylic acids is 3. The summed E-state index contributed by atoms with van der Waals surface area (Å²) in [6, 6.07) is 1.55. The number of ether oxygens (including phenoxy) is 1. The van der Waals surface area contributed by atoms with Gasteiger partial charge in [0.25, 0.3) is 5.91 Å². The summed E-state index contributed by atoms with van der Waals surface area (Å²) in [6.07, 6.45) is -1.04. The zero-order valence-electron chi connectivity index (χ0n) is 14.1. The van der Waals surface area contributed by atoms with Crippen molar-refractivity contribution >= 4 is 23.5 Å². The maximum atomic E-state index is 12.2. The molecular formula is C16H19N3O5. The number of aryl methyl sites for hydroxylation is 2. The van der Waals surface area contributed by atoms with Gasteiger partial charge in [-0.25, -0.2) is 4.79 Å². The van der Waals surface area contributed by atoms with Crippen LogP contribution >= 0.6 is 0 Å². The number of H-pyrrole nitrogens is 1. The second-order valence-corrected chi connectivity index (χ2v) is 5.54. The van der Waals surface area contributed by atoms with E-state index in [1.807, 2.05) is 0 Å². The van der Waals surface area contributed by atoms with Crippen molar-refractivity contribution in [1.29, 1.82) is 0 Å². The van der Waals surface area contributed by atoms with E-state index in [2.05, 4.69) is 15.5 Å². The smallest absolute Gasteiger partial charge is 0.355 e. The summed E-state index contributed by atoms with van der Waals surface area (Å²) in [6.45, 7) is 7.91. The van der Waals surface area contributed by atoms with E-state index >= 15 is 0 Å². The molecule has 2 aromatic rings. The number of nitrogens with one attached hydrogen (secondary N) is 2. The molecule has 0 bridgehead atoms. The normalized spacial score (nSPS) is 11.9. The molecule has 8 nitrogen and oxygen atoms in total. The fraction of sp³-hybridized carbons (Fsp3) is 0.375.